The fraction of sp³-hybridized carbons (Fsp3) is 0.125. The van der Waals surface area contributed by atoms with E-state index in [-0.39, 0.29) is 17.1 Å². The molecule has 0 heterocycles. The third kappa shape index (κ3) is 3.14. The lowest BCUT2D eigenvalue weighted by Gasteiger charge is -2.00. The first kappa shape index (κ1) is 10.6. The molecule has 0 aromatic heterocycles. The number of Topliss-reactive ketones (excluding diaryl/α,β-unsaturated/α-hetero) is 1. The summed E-state index contributed by atoms with van der Waals surface area (Å²) in [6.45, 7) is 1.31. The molecule has 0 fully saturated rings. The molecule has 0 aliphatic heterocycles. The van der Waals surface area contributed by atoms with Crippen molar-refractivity contribution in [1.29, 1.82) is 0 Å². The van der Waals surface area contributed by atoms with Crippen molar-refractivity contribution in [2.45, 2.75) is 6.92 Å². The Kier molecular flexibility index (Phi) is 2.85. The van der Waals surface area contributed by atoms with Crippen LogP contribution in [0.4, 0.5) is 3.89 Å². The van der Waals surface area contributed by atoms with Crippen LogP contribution in [-0.2, 0) is 10.5 Å². The molecule has 0 unspecified atom stereocenters. The Hall–Kier alpha value is -1.43. The predicted molar refractivity (Wildman–Crippen MR) is 47.1 cm³/mol. The Balaban J connectivity index is 3.01. The van der Waals surface area contributed by atoms with E-state index < -0.39 is 10.5 Å². The topological polar surface area (TPSA) is 60.4 Å². The maximum atomic E-state index is 12.1. The lowest BCUT2D eigenvalue weighted by Crippen LogP contribution is -2.02. The summed E-state index contributed by atoms with van der Waals surface area (Å²) in [4.78, 5) is 10.9. The van der Waals surface area contributed by atoms with Gasteiger partial charge < -0.3 is 4.18 Å². The van der Waals surface area contributed by atoms with Crippen molar-refractivity contribution < 1.29 is 21.3 Å². The van der Waals surface area contributed by atoms with Gasteiger partial charge >= 0.3 is 10.5 Å². The molecule has 0 saturated heterocycles. The third-order valence-corrected chi connectivity index (χ3v) is 1.83. The summed E-state index contributed by atoms with van der Waals surface area (Å²) in [5, 5.41) is 0. The molecule has 1 rings (SSSR count). The average Bonchev–Trinajstić information content (AvgIpc) is 2.01. The van der Waals surface area contributed by atoms with Crippen molar-refractivity contribution >= 4 is 16.3 Å². The van der Waals surface area contributed by atoms with Gasteiger partial charge in [0.05, 0.1) is 0 Å². The second-order valence-electron chi connectivity index (χ2n) is 2.56. The molecule has 0 saturated carbocycles. The van der Waals surface area contributed by atoms with E-state index in [0.717, 1.165) is 6.07 Å². The van der Waals surface area contributed by atoms with Gasteiger partial charge in [-0.15, -0.1) is 0 Å². The molecule has 0 atom stereocenters. The summed E-state index contributed by atoms with van der Waals surface area (Å²) in [6, 6.07) is 5.26. The van der Waals surface area contributed by atoms with Crippen LogP contribution in [0.2, 0.25) is 0 Å². The van der Waals surface area contributed by atoms with Gasteiger partial charge in [-0.1, -0.05) is 16.0 Å². The van der Waals surface area contributed by atoms with E-state index in [0.29, 0.717) is 0 Å². The maximum Gasteiger partial charge on any atom is 0.488 e. The minimum absolute atomic E-state index is 0.222. The van der Waals surface area contributed by atoms with Gasteiger partial charge in [0.15, 0.2) is 5.78 Å². The first-order valence-electron chi connectivity index (χ1n) is 3.63. The Morgan fingerprint density at radius 3 is 2.57 bits per heavy atom. The van der Waals surface area contributed by atoms with Crippen molar-refractivity contribution in [2.24, 2.45) is 0 Å². The quantitative estimate of drug-likeness (QED) is 0.569. The lowest BCUT2D eigenvalue weighted by atomic mass is 10.1. The number of carbonyl (C=O) groups excluding carboxylic acids is 1. The first-order valence-corrected chi connectivity index (χ1v) is 4.94. The molecule has 4 nitrogen and oxygen atoms in total. The van der Waals surface area contributed by atoms with Crippen LogP contribution in [0.25, 0.3) is 0 Å². The van der Waals surface area contributed by atoms with E-state index in [1.165, 1.54) is 25.1 Å². The lowest BCUT2D eigenvalue weighted by molar-refractivity contribution is 0.101. The smallest absolute Gasteiger partial charge is 0.358 e. The molecule has 14 heavy (non-hydrogen) atoms. The van der Waals surface area contributed by atoms with E-state index in [2.05, 4.69) is 4.18 Å². The normalized spacial score (nSPS) is 11.0. The molecular weight excluding hydrogens is 211 g/mol. The molecule has 1 aromatic rings. The van der Waals surface area contributed by atoms with E-state index in [4.69, 9.17) is 0 Å². The minimum Gasteiger partial charge on any atom is -0.358 e. The zero-order valence-corrected chi connectivity index (χ0v) is 8.05. The monoisotopic (exact) mass is 218 g/mol. The van der Waals surface area contributed by atoms with Gasteiger partial charge in [-0.25, -0.2) is 0 Å². The van der Waals surface area contributed by atoms with Gasteiger partial charge in [0.2, 0.25) is 0 Å². The molecule has 1 aromatic carbocycles. The molecule has 0 amide bonds. The summed E-state index contributed by atoms with van der Waals surface area (Å²) in [7, 11) is -5.03. The highest BCUT2D eigenvalue weighted by Gasteiger charge is 2.10. The van der Waals surface area contributed by atoms with Crippen molar-refractivity contribution in [1.82, 2.24) is 0 Å². The van der Waals surface area contributed by atoms with Crippen LogP contribution in [0.15, 0.2) is 24.3 Å². The summed E-state index contributed by atoms with van der Waals surface area (Å²) in [5.41, 5.74) is 0.256. The number of hydrogen-bond donors (Lipinski definition) is 0. The van der Waals surface area contributed by atoms with Crippen molar-refractivity contribution in [3.05, 3.63) is 29.8 Å². The SMILES string of the molecule is CC(=O)c1cccc(OS(=O)(=O)F)c1. The van der Waals surface area contributed by atoms with Crippen molar-refractivity contribution in [2.75, 3.05) is 0 Å². The number of rotatable bonds is 3. The van der Waals surface area contributed by atoms with Crippen LogP contribution < -0.4 is 4.18 Å². The number of hydrogen-bond acceptors (Lipinski definition) is 4. The van der Waals surface area contributed by atoms with Gasteiger partial charge in [0.1, 0.15) is 5.75 Å². The van der Waals surface area contributed by atoms with Crippen LogP contribution in [0.3, 0.4) is 0 Å². The molecule has 0 aliphatic carbocycles. The van der Waals surface area contributed by atoms with Gasteiger partial charge in [-0.3, -0.25) is 4.79 Å². The van der Waals surface area contributed by atoms with Crippen LogP contribution in [0, 0.1) is 0 Å². The van der Waals surface area contributed by atoms with Gasteiger partial charge in [-0.05, 0) is 19.1 Å². The van der Waals surface area contributed by atoms with Gasteiger partial charge in [0, 0.05) is 5.56 Å². The van der Waals surface area contributed by atoms with Gasteiger partial charge in [-0.2, -0.15) is 8.42 Å². The molecule has 76 valence electrons. The molecule has 0 N–H and O–H groups in total. The largest absolute Gasteiger partial charge is 0.488 e. The summed E-state index contributed by atoms with van der Waals surface area (Å²) >= 11 is 0. The third-order valence-electron chi connectivity index (χ3n) is 1.44. The maximum absolute atomic E-state index is 12.1. The highest BCUT2D eigenvalue weighted by atomic mass is 32.3. The molecular formula is C8H7FO4S. The Labute approximate surface area is 80.7 Å². The number of halogens is 1. The highest BCUT2D eigenvalue weighted by molar-refractivity contribution is 7.81. The first-order chi connectivity index (χ1) is 6.38. The second kappa shape index (κ2) is 3.75. The standard InChI is InChI=1S/C8H7FO4S/c1-6(10)7-3-2-4-8(5-7)13-14(9,11)12/h2-5H,1H3. The Morgan fingerprint density at radius 1 is 1.43 bits per heavy atom. The molecule has 0 spiro atoms. The molecule has 0 bridgehead atoms. The molecule has 0 aliphatic rings. The van der Waals surface area contributed by atoms with Crippen LogP contribution >= 0.6 is 0 Å². The zero-order valence-electron chi connectivity index (χ0n) is 7.23. The number of ketones is 1. The molecule has 0 radical (unpaired) electrons. The van der Waals surface area contributed by atoms with Crippen molar-refractivity contribution in [3.63, 3.8) is 0 Å². The average molecular weight is 218 g/mol. The predicted octanol–water partition coefficient (Wildman–Crippen LogP) is 1.48. The van der Waals surface area contributed by atoms with Crippen molar-refractivity contribution in [3.8, 4) is 5.75 Å². The Morgan fingerprint density at radius 2 is 2.07 bits per heavy atom. The van der Waals surface area contributed by atoms with E-state index in [1.54, 1.807) is 0 Å². The fourth-order valence-corrected chi connectivity index (χ4v) is 1.22. The second-order valence-corrected chi connectivity index (χ2v) is 3.51. The number of carbonyl (C=O) groups is 1. The summed E-state index contributed by atoms with van der Waals surface area (Å²) < 4.78 is 36.2. The molecule has 6 heteroatoms. The summed E-state index contributed by atoms with van der Waals surface area (Å²) in [6.07, 6.45) is 0. The van der Waals surface area contributed by atoms with E-state index in [1.807, 2.05) is 0 Å². The minimum atomic E-state index is -5.03. The van der Waals surface area contributed by atoms with Crippen LogP contribution in [0.5, 0.6) is 5.75 Å². The van der Waals surface area contributed by atoms with Gasteiger partial charge in [0.25, 0.3) is 0 Å². The zero-order chi connectivity index (χ0) is 10.8. The van der Waals surface area contributed by atoms with E-state index >= 15 is 0 Å². The van der Waals surface area contributed by atoms with E-state index in [9.17, 15) is 17.1 Å². The van der Waals surface area contributed by atoms with Crippen LogP contribution in [-0.4, -0.2) is 14.2 Å². The Bertz CT molecular complexity index is 452. The highest BCUT2D eigenvalue weighted by Crippen LogP contribution is 2.16. The van der Waals surface area contributed by atoms with Crippen LogP contribution in [0.1, 0.15) is 17.3 Å². The number of benzene rings is 1. The summed E-state index contributed by atoms with van der Waals surface area (Å²) in [5.74, 6) is -0.480. The fourth-order valence-electron chi connectivity index (χ4n) is 0.882.